The van der Waals surface area contributed by atoms with Crippen LogP contribution >= 0.6 is 0 Å². The van der Waals surface area contributed by atoms with Crippen LogP contribution in [0, 0.1) is 6.92 Å². The Morgan fingerprint density at radius 3 is 2.77 bits per heavy atom. The summed E-state index contributed by atoms with van der Waals surface area (Å²) in [4.78, 5) is 36.4. The number of ether oxygens (including phenoxy) is 1. The van der Waals surface area contributed by atoms with Crippen LogP contribution in [-0.4, -0.2) is 29.4 Å². The quantitative estimate of drug-likeness (QED) is 0.652. The molecule has 136 valence electrons. The van der Waals surface area contributed by atoms with E-state index < -0.39 is 12.6 Å². The Hall–Kier alpha value is -2.96. The molecule has 0 unspecified atom stereocenters. The SMILES string of the molecule is Cc1noc(C(C)C)c1C(=O)OCC(=O)c1ccc2c(c1)[C@@H](C)C(=O)N2. The fraction of sp³-hybridized carbons (Fsp3) is 0.368. The molecule has 1 aromatic carbocycles. The molecule has 0 bridgehead atoms. The molecule has 3 rings (SSSR count). The minimum atomic E-state index is -0.632. The van der Waals surface area contributed by atoms with Crippen LogP contribution in [0.25, 0.3) is 0 Å². The number of ketones is 1. The monoisotopic (exact) mass is 356 g/mol. The van der Waals surface area contributed by atoms with Crippen molar-refractivity contribution in [1.29, 1.82) is 0 Å². The molecule has 0 saturated carbocycles. The first-order chi connectivity index (χ1) is 12.3. The van der Waals surface area contributed by atoms with Gasteiger partial charge < -0.3 is 14.6 Å². The third-order valence-electron chi connectivity index (χ3n) is 4.44. The zero-order valence-electron chi connectivity index (χ0n) is 15.1. The lowest BCUT2D eigenvalue weighted by atomic mass is 9.99. The van der Waals surface area contributed by atoms with Gasteiger partial charge in [0.1, 0.15) is 5.56 Å². The number of nitrogens with one attached hydrogen (secondary N) is 1. The maximum absolute atomic E-state index is 12.4. The average molecular weight is 356 g/mol. The van der Waals surface area contributed by atoms with Crippen molar-refractivity contribution in [1.82, 2.24) is 5.16 Å². The van der Waals surface area contributed by atoms with Gasteiger partial charge in [0.2, 0.25) is 5.91 Å². The van der Waals surface area contributed by atoms with Crippen LogP contribution in [0.3, 0.4) is 0 Å². The molecular weight excluding hydrogens is 336 g/mol. The Labute approximate surface area is 150 Å². The zero-order chi connectivity index (χ0) is 19.0. The molecule has 1 aliphatic rings. The van der Waals surface area contributed by atoms with Crippen LogP contribution in [0.2, 0.25) is 0 Å². The van der Waals surface area contributed by atoms with Gasteiger partial charge in [0.15, 0.2) is 18.2 Å². The van der Waals surface area contributed by atoms with Crippen LogP contribution in [0.1, 0.15) is 70.3 Å². The molecule has 1 aromatic heterocycles. The standard InChI is InChI=1S/C19H20N2O5/c1-9(2)17-16(11(4)21-26-17)19(24)25-8-15(22)12-5-6-14-13(7-12)10(3)18(23)20-14/h5-7,9-10H,8H2,1-4H3,(H,20,23)/t10-/m1/s1. The number of carbonyl (C=O) groups excluding carboxylic acids is 3. The lowest BCUT2D eigenvalue weighted by Crippen LogP contribution is -2.16. The average Bonchev–Trinajstić information content (AvgIpc) is 3.13. The van der Waals surface area contributed by atoms with E-state index >= 15 is 0 Å². The first-order valence-corrected chi connectivity index (χ1v) is 8.41. The van der Waals surface area contributed by atoms with Crippen molar-refractivity contribution >= 4 is 23.3 Å². The van der Waals surface area contributed by atoms with Crippen molar-refractivity contribution in [2.75, 3.05) is 11.9 Å². The molecule has 0 radical (unpaired) electrons. The minimum absolute atomic E-state index is 0.0299. The predicted molar refractivity (Wildman–Crippen MR) is 93.4 cm³/mol. The summed E-state index contributed by atoms with van der Waals surface area (Å²) in [5.74, 6) is -0.970. The van der Waals surface area contributed by atoms with Gasteiger partial charge in [0.25, 0.3) is 0 Å². The van der Waals surface area contributed by atoms with Crippen molar-refractivity contribution < 1.29 is 23.6 Å². The van der Waals surface area contributed by atoms with E-state index in [9.17, 15) is 14.4 Å². The highest BCUT2D eigenvalue weighted by Gasteiger charge is 2.28. The second-order valence-corrected chi connectivity index (χ2v) is 6.67. The summed E-state index contributed by atoms with van der Waals surface area (Å²) < 4.78 is 10.3. The Morgan fingerprint density at radius 2 is 2.08 bits per heavy atom. The number of fused-ring (bicyclic) bond motifs is 1. The van der Waals surface area contributed by atoms with Gasteiger partial charge in [-0.1, -0.05) is 19.0 Å². The number of carbonyl (C=O) groups is 3. The van der Waals surface area contributed by atoms with Gasteiger partial charge in [-0.15, -0.1) is 0 Å². The van der Waals surface area contributed by atoms with Crippen LogP contribution in [0.4, 0.5) is 5.69 Å². The van der Waals surface area contributed by atoms with E-state index in [2.05, 4.69) is 10.5 Å². The molecule has 2 heterocycles. The van der Waals surface area contributed by atoms with E-state index in [0.717, 1.165) is 5.56 Å². The third-order valence-corrected chi connectivity index (χ3v) is 4.44. The van der Waals surface area contributed by atoms with Crippen LogP contribution in [-0.2, 0) is 9.53 Å². The summed E-state index contributed by atoms with van der Waals surface area (Å²) in [7, 11) is 0. The normalized spacial score (nSPS) is 15.7. The van der Waals surface area contributed by atoms with Crippen molar-refractivity contribution in [2.45, 2.75) is 39.5 Å². The Kier molecular flexibility index (Phi) is 4.63. The van der Waals surface area contributed by atoms with Crippen LogP contribution in [0.15, 0.2) is 22.7 Å². The van der Waals surface area contributed by atoms with Crippen molar-refractivity contribution in [3.05, 3.63) is 46.3 Å². The molecule has 7 heteroatoms. The molecule has 0 spiro atoms. The number of aryl methyl sites for hydroxylation is 1. The molecule has 0 saturated heterocycles. The Morgan fingerprint density at radius 1 is 1.35 bits per heavy atom. The number of esters is 1. The predicted octanol–water partition coefficient (Wildman–Crippen LogP) is 3.20. The number of rotatable bonds is 5. The number of benzene rings is 1. The molecule has 7 nitrogen and oxygen atoms in total. The lowest BCUT2D eigenvalue weighted by molar-refractivity contribution is -0.116. The Bertz CT molecular complexity index is 897. The summed E-state index contributed by atoms with van der Waals surface area (Å²) in [6.07, 6.45) is 0. The summed E-state index contributed by atoms with van der Waals surface area (Å²) in [5, 5.41) is 6.55. The van der Waals surface area contributed by atoms with Gasteiger partial charge in [0, 0.05) is 17.2 Å². The zero-order valence-corrected chi connectivity index (χ0v) is 15.1. The summed E-state index contributed by atoms with van der Waals surface area (Å²) >= 11 is 0. The van der Waals surface area contributed by atoms with Crippen LogP contribution in [0.5, 0.6) is 0 Å². The summed E-state index contributed by atoms with van der Waals surface area (Å²) in [5.41, 5.74) is 2.57. The molecule has 0 aliphatic carbocycles. The maximum atomic E-state index is 12.4. The van der Waals surface area contributed by atoms with E-state index in [-0.39, 0.29) is 29.1 Å². The molecule has 26 heavy (non-hydrogen) atoms. The van der Waals surface area contributed by atoms with Crippen molar-refractivity contribution in [3.63, 3.8) is 0 Å². The van der Waals surface area contributed by atoms with Crippen molar-refractivity contribution in [2.24, 2.45) is 0 Å². The highest BCUT2D eigenvalue weighted by atomic mass is 16.5. The molecule has 1 atom stereocenters. The maximum Gasteiger partial charge on any atom is 0.344 e. The summed E-state index contributed by atoms with van der Waals surface area (Å²) in [6, 6.07) is 4.96. The molecule has 2 aromatic rings. The van der Waals surface area contributed by atoms with Crippen molar-refractivity contribution in [3.8, 4) is 0 Å². The largest absolute Gasteiger partial charge is 0.454 e. The van der Waals surface area contributed by atoms with E-state index in [1.165, 1.54) is 0 Å². The molecular formula is C19H20N2O5. The number of hydrogen-bond donors (Lipinski definition) is 1. The van der Waals surface area contributed by atoms with E-state index in [1.54, 1.807) is 32.0 Å². The number of aromatic nitrogens is 1. The van der Waals surface area contributed by atoms with Gasteiger partial charge in [-0.3, -0.25) is 9.59 Å². The Balaban J connectivity index is 1.71. The minimum Gasteiger partial charge on any atom is -0.454 e. The molecule has 0 fully saturated rings. The number of anilines is 1. The highest BCUT2D eigenvalue weighted by molar-refractivity contribution is 6.05. The first kappa shape index (κ1) is 17.8. The fourth-order valence-corrected chi connectivity index (χ4v) is 2.91. The lowest BCUT2D eigenvalue weighted by Gasteiger charge is -2.08. The first-order valence-electron chi connectivity index (χ1n) is 8.41. The second kappa shape index (κ2) is 6.74. The molecule has 1 N–H and O–H groups in total. The topological polar surface area (TPSA) is 98.5 Å². The third kappa shape index (κ3) is 3.12. The number of Topliss-reactive ketones (excluding diaryl/α,β-unsaturated/α-hetero) is 1. The molecule has 1 aliphatic heterocycles. The second-order valence-electron chi connectivity index (χ2n) is 6.67. The van der Waals surface area contributed by atoms with Gasteiger partial charge in [0.05, 0.1) is 11.6 Å². The fourth-order valence-electron chi connectivity index (χ4n) is 2.91. The molecule has 1 amide bonds. The number of hydrogen-bond acceptors (Lipinski definition) is 6. The number of amides is 1. The van der Waals surface area contributed by atoms with Gasteiger partial charge in [-0.2, -0.15) is 0 Å². The number of nitrogens with zero attached hydrogens (tertiary/aromatic N) is 1. The highest BCUT2D eigenvalue weighted by Crippen LogP contribution is 2.32. The van der Waals surface area contributed by atoms with Gasteiger partial charge in [-0.25, -0.2) is 4.79 Å². The van der Waals surface area contributed by atoms with Gasteiger partial charge >= 0.3 is 5.97 Å². The van der Waals surface area contributed by atoms with Gasteiger partial charge in [-0.05, 0) is 37.6 Å². The van der Waals surface area contributed by atoms with E-state index in [1.807, 2.05) is 13.8 Å². The van der Waals surface area contributed by atoms with Crippen LogP contribution < -0.4 is 5.32 Å². The van der Waals surface area contributed by atoms with E-state index in [4.69, 9.17) is 9.26 Å². The summed E-state index contributed by atoms with van der Waals surface area (Å²) in [6.45, 7) is 6.79. The van der Waals surface area contributed by atoms with E-state index in [0.29, 0.717) is 22.7 Å². The smallest absolute Gasteiger partial charge is 0.344 e.